The van der Waals surface area contributed by atoms with Gasteiger partial charge >= 0.3 is 0 Å². The van der Waals surface area contributed by atoms with Gasteiger partial charge in [0.05, 0.1) is 19.0 Å². The lowest BCUT2D eigenvalue weighted by molar-refractivity contribution is 0.351. The van der Waals surface area contributed by atoms with E-state index in [1.165, 1.54) is 18.7 Å². The number of rotatable bonds is 5. The van der Waals surface area contributed by atoms with Gasteiger partial charge in [-0.15, -0.1) is 0 Å². The maximum absolute atomic E-state index is 14.3. The lowest BCUT2D eigenvalue weighted by Crippen LogP contribution is -2.00. The van der Waals surface area contributed by atoms with Gasteiger partial charge < -0.3 is 9.47 Å². The molecule has 0 aromatic heterocycles. The molecule has 0 heterocycles. The molecular weight excluding hydrogens is 335 g/mol. The van der Waals surface area contributed by atoms with Crippen LogP contribution in [0.25, 0.3) is 0 Å². The third-order valence-corrected chi connectivity index (χ3v) is 4.48. The van der Waals surface area contributed by atoms with E-state index in [2.05, 4.69) is 35.0 Å². The van der Waals surface area contributed by atoms with E-state index >= 15 is 0 Å². The van der Waals surface area contributed by atoms with E-state index in [1.807, 2.05) is 12.1 Å². The second-order valence-electron chi connectivity index (χ2n) is 4.69. The van der Waals surface area contributed by atoms with Gasteiger partial charge in [-0.05, 0) is 23.6 Å². The van der Waals surface area contributed by atoms with Crippen LogP contribution < -0.4 is 9.47 Å². The first-order valence-electron chi connectivity index (χ1n) is 6.75. The van der Waals surface area contributed by atoms with Crippen LogP contribution in [0.1, 0.15) is 28.4 Å². The molecule has 1 unspecified atom stereocenters. The molecule has 0 saturated heterocycles. The summed E-state index contributed by atoms with van der Waals surface area (Å²) < 4.78 is 24.6. The van der Waals surface area contributed by atoms with Gasteiger partial charge in [-0.3, -0.25) is 0 Å². The van der Waals surface area contributed by atoms with Crippen molar-refractivity contribution in [2.45, 2.75) is 18.2 Å². The number of hydrogen-bond donors (Lipinski definition) is 0. The highest BCUT2D eigenvalue weighted by Gasteiger charge is 2.18. The molecule has 21 heavy (non-hydrogen) atoms. The van der Waals surface area contributed by atoms with Crippen molar-refractivity contribution in [1.29, 1.82) is 0 Å². The van der Waals surface area contributed by atoms with Crippen LogP contribution in [0.2, 0.25) is 0 Å². The molecule has 0 bridgehead atoms. The van der Waals surface area contributed by atoms with Crippen molar-refractivity contribution in [3.63, 3.8) is 0 Å². The van der Waals surface area contributed by atoms with E-state index in [-0.39, 0.29) is 10.6 Å². The van der Waals surface area contributed by atoms with Crippen molar-refractivity contribution in [3.8, 4) is 11.5 Å². The zero-order chi connectivity index (χ0) is 15.4. The van der Waals surface area contributed by atoms with Crippen LogP contribution in [0.15, 0.2) is 36.4 Å². The zero-order valence-electron chi connectivity index (χ0n) is 12.3. The van der Waals surface area contributed by atoms with Crippen molar-refractivity contribution < 1.29 is 13.9 Å². The molecule has 0 aliphatic heterocycles. The normalized spacial score (nSPS) is 12.0. The van der Waals surface area contributed by atoms with Crippen LogP contribution in [-0.2, 0) is 6.42 Å². The van der Waals surface area contributed by atoms with E-state index in [1.54, 1.807) is 13.2 Å². The fraction of sp³-hybridized carbons (Fsp3) is 0.294. The summed E-state index contributed by atoms with van der Waals surface area (Å²) in [7, 11) is 3.03. The molecule has 0 fully saturated rings. The van der Waals surface area contributed by atoms with E-state index in [4.69, 9.17) is 9.47 Å². The minimum Gasteiger partial charge on any atom is -0.493 e. The summed E-state index contributed by atoms with van der Waals surface area (Å²) >= 11 is 3.56. The molecular formula is C17H18BrFO2. The largest absolute Gasteiger partial charge is 0.493 e. The average molecular weight is 353 g/mol. The molecule has 112 valence electrons. The van der Waals surface area contributed by atoms with Crippen molar-refractivity contribution >= 4 is 15.9 Å². The summed E-state index contributed by atoms with van der Waals surface area (Å²) in [6, 6.07) is 11.2. The lowest BCUT2D eigenvalue weighted by Gasteiger charge is -2.15. The third-order valence-electron chi connectivity index (χ3n) is 3.46. The topological polar surface area (TPSA) is 18.5 Å². The highest BCUT2D eigenvalue weighted by molar-refractivity contribution is 9.09. The SMILES string of the molecule is CCc1ccc(C(Br)c2cc(OC)c(OC)cc2F)cc1. The molecule has 2 aromatic rings. The Hall–Kier alpha value is -1.55. The fourth-order valence-electron chi connectivity index (χ4n) is 2.17. The summed E-state index contributed by atoms with van der Waals surface area (Å²) in [4.78, 5) is -0.233. The van der Waals surface area contributed by atoms with Gasteiger partial charge in [0.2, 0.25) is 0 Å². The number of hydrogen-bond acceptors (Lipinski definition) is 2. The third kappa shape index (κ3) is 3.38. The minimum atomic E-state index is -0.325. The molecule has 4 heteroatoms. The van der Waals surface area contributed by atoms with Crippen LogP contribution >= 0.6 is 15.9 Å². The molecule has 0 N–H and O–H groups in total. The Kier molecular flexibility index (Phi) is 5.23. The molecule has 2 nitrogen and oxygen atoms in total. The smallest absolute Gasteiger partial charge is 0.163 e. The maximum Gasteiger partial charge on any atom is 0.163 e. The van der Waals surface area contributed by atoms with E-state index in [0.717, 1.165) is 12.0 Å². The lowest BCUT2D eigenvalue weighted by atomic mass is 10.0. The zero-order valence-corrected chi connectivity index (χ0v) is 13.9. The van der Waals surface area contributed by atoms with Crippen LogP contribution in [-0.4, -0.2) is 14.2 Å². The van der Waals surface area contributed by atoms with Crippen molar-refractivity contribution in [1.82, 2.24) is 0 Å². The van der Waals surface area contributed by atoms with E-state index in [0.29, 0.717) is 17.1 Å². The molecule has 1 atom stereocenters. The van der Waals surface area contributed by atoms with Gasteiger partial charge in [0.25, 0.3) is 0 Å². The van der Waals surface area contributed by atoms with Crippen molar-refractivity contribution in [3.05, 3.63) is 58.9 Å². The Morgan fingerprint density at radius 3 is 2.14 bits per heavy atom. The summed E-state index contributed by atoms with van der Waals surface area (Å²) in [6.07, 6.45) is 0.984. The maximum atomic E-state index is 14.3. The van der Waals surface area contributed by atoms with Gasteiger partial charge in [-0.25, -0.2) is 4.39 Å². The average Bonchev–Trinajstić information content (AvgIpc) is 2.54. The van der Waals surface area contributed by atoms with Crippen LogP contribution in [0.4, 0.5) is 4.39 Å². The molecule has 2 aromatic carbocycles. The van der Waals surface area contributed by atoms with Crippen LogP contribution in [0.5, 0.6) is 11.5 Å². The van der Waals surface area contributed by atoms with Crippen LogP contribution in [0.3, 0.4) is 0 Å². The highest BCUT2D eigenvalue weighted by Crippen LogP contribution is 2.38. The molecule has 0 saturated carbocycles. The van der Waals surface area contributed by atoms with Gasteiger partial charge in [-0.2, -0.15) is 0 Å². The summed E-state index contributed by atoms with van der Waals surface area (Å²) in [5.74, 6) is 0.581. The van der Waals surface area contributed by atoms with E-state index in [9.17, 15) is 4.39 Å². The van der Waals surface area contributed by atoms with Gasteiger partial charge in [0.1, 0.15) is 5.82 Å². The summed E-state index contributed by atoms with van der Waals surface area (Å²) in [5.41, 5.74) is 2.78. The predicted molar refractivity (Wildman–Crippen MR) is 86.1 cm³/mol. The highest BCUT2D eigenvalue weighted by atomic mass is 79.9. The first-order chi connectivity index (χ1) is 10.1. The summed E-state index contributed by atoms with van der Waals surface area (Å²) in [5, 5.41) is 0. The van der Waals surface area contributed by atoms with Gasteiger partial charge in [-0.1, -0.05) is 47.1 Å². The number of ether oxygens (including phenoxy) is 2. The molecule has 2 rings (SSSR count). The Morgan fingerprint density at radius 2 is 1.62 bits per heavy atom. The number of methoxy groups -OCH3 is 2. The monoisotopic (exact) mass is 352 g/mol. The number of alkyl halides is 1. The quantitative estimate of drug-likeness (QED) is 0.713. The minimum absolute atomic E-state index is 0.233. The first-order valence-corrected chi connectivity index (χ1v) is 7.66. The van der Waals surface area contributed by atoms with Gasteiger partial charge in [0.15, 0.2) is 11.5 Å². The Balaban J connectivity index is 2.39. The second kappa shape index (κ2) is 6.94. The standard InChI is InChI=1S/C17H18BrFO2/c1-4-11-5-7-12(8-6-11)17(18)13-9-15(20-2)16(21-3)10-14(13)19/h5-10,17H,4H2,1-3H3. The number of aryl methyl sites for hydroxylation is 1. The molecule has 0 amide bonds. The molecule has 0 radical (unpaired) electrons. The first kappa shape index (κ1) is 15.8. The number of benzene rings is 2. The number of halogens is 2. The molecule has 0 spiro atoms. The predicted octanol–water partition coefficient (Wildman–Crippen LogP) is 4.89. The Bertz CT molecular complexity index is 611. The molecule has 0 aliphatic carbocycles. The Labute approximate surface area is 133 Å². The van der Waals surface area contributed by atoms with Gasteiger partial charge in [0, 0.05) is 11.6 Å². The van der Waals surface area contributed by atoms with Crippen molar-refractivity contribution in [2.24, 2.45) is 0 Å². The van der Waals surface area contributed by atoms with Crippen molar-refractivity contribution in [2.75, 3.05) is 14.2 Å². The van der Waals surface area contributed by atoms with E-state index < -0.39 is 0 Å². The summed E-state index contributed by atoms with van der Waals surface area (Å²) in [6.45, 7) is 2.11. The Morgan fingerprint density at radius 1 is 1.05 bits per heavy atom. The molecule has 0 aliphatic rings. The fourth-order valence-corrected chi connectivity index (χ4v) is 2.82. The second-order valence-corrected chi connectivity index (χ2v) is 5.60. The van der Waals surface area contributed by atoms with Crippen LogP contribution in [0, 0.1) is 5.82 Å².